The van der Waals surface area contributed by atoms with Crippen LogP contribution >= 0.6 is 0 Å². The fourth-order valence-corrected chi connectivity index (χ4v) is 4.06. The maximum atomic E-state index is 13.5. The summed E-state index contributed by atoms with van der Waals surface area (Å²) in [5.74, 6) is -2.24. The molecule has 170 valence electrons. The number of nitrogens with zero attached hydrogens (tertiary/aromatic N) is 1. The molecule has 2 aliphatic rings. The monoisotopic (exact) mass is 436 g/mol. The Morgan fingerprint density at radius 3 is 2.32 bits per heavy atom. The number of rotatable bonds is 5. The van der Waals surface area contributed by atoms with Crippen molar-refractivity contribution in [3.63, 3.8) is 0 Å². The van der Waals surface area contributed by atoms with Gasteiger partial charge in [0.15, 0.2) is 17.6 Å². The number of benzene rings is 1. The molecular weight excluding hydrogens is 406 g/mol. The van der Waals surface area contributed by atoms with Crippen molar-refractivity contribution in [3.8, 4) is 0 Å². The molecular formula is C22H30F2N4O3. The van der Waals surface area contributed by atoms with Crippen molar-refractivity contribution in [1.29, 1.82) is 0 Å². The summed E-state index contributed by atoms with van der Waals surface area (Å²) in [6.45, 7) is 2.10. The lowest BCUT2D eigenvalue weighted by atomic mass is 9.92. The SMILES string of the molecule is CCOC(=O)NC1CCC(N=C(NC(=O)c2ccc(F)c(F)c2)NC2CCCC2)CC1. The van der Waals surface area contributed by atoms with Crippen molar-refractivity contribution >= 4 is 18.0 Å². The minimum absolute atomic E-state index is 0.00518. The predicted octanol–water partition coefficient (Wildman–Crippen LogP) is 3.64. The Bertz CT molecular complexity index is 804. The molecule has 0 unspecified atom stereocenters. The van der Waals surface area contributed by atoms with Gasteiger partial charge in [-0.05, 0) is 63.6 Å². The van der Waals surface area contributed by atoms with Crippen LogP contribution in [0, 0.1) is 11.6 Å². The van der Waals surface area contributed by atoms with Crippen molar-refractivity contribution in [2.24, 2.45) is 4.99 Å². The van der Waals surface area contributed by atoms with Crippen LogP contribution < -0.4 is 16.0 Å². The molecule has 1 aromatic carbocycles. The zero-order chi connectivity index (χ0) is 22.2. The van der Waals surface area contributed by atoms with Crippen molar-refractivity contribution in [3.05, 3.63) is 35.4 Å². The molecule has 0 radical (unpaired) electrons. The first-order chi connectivity index (χ1) is 14.9. The van der Waals surface area contributed by atoms with Gasteiger partial charge in [0.25, 0.3) is 5.91 Å². The molecule has 2 aliphatic carbocycles. The minimum Gasteiger partial charge on any atom is -0.450 e. The van der Waals surface area contributed by atoms with Gasteiger partial charge in [0, 0.05) is 17.6 Å². The van der Waals surface area contributed by atoms with E-state index in [0.717, 1.165) is 63.5 Å². The molecule has 31 heavy (non-hydrogen) atoms. The molecule has 2 saturated carbocycles. The summed E-state index contributed by atoms with van der Waals surface area (Å²) in [5.41, 5.74) is 0.0298. The summed E-state index contributed by atoms with van der Waals surface area (Å²) in [7, 11) is 0. The lowest BCUT2D eigenvalue weighted by Gasteiger charge is -2.27. The third kappa shape index (κ3) is 6.90. The van der Waals surface area contributed by atoms with Gasteiger partial charge in [0.2, 0.25) is 0 Å². The zero-order valence-corrected chi connectivity index (χ0v) is 17.8. The van der Waals surface area contributed by atoms with E-state index in [1.165, 1.54) is 6.07 Å². The van der Waals surface area contributed by atoms with Crippen molar-refractivity contribution in [1.82, 2.24) is 16.0 Å². The van der Waals surface area contributed by atoms with E-state index in [1.54, 1.807) is 6.92 Å². The third-order valence-corrected chi connectivity index (χ3v) is 5.72. The lowest BCUT2D eigenvalue weighted by molar-refractivity contribution is 0.0974. The van der Waals surface area contributed by atoms with Gasteiger partial charge < -0.3 is 15.4 Å². The minimum atomic E-state index is -1.07. The topological polar surface area (TPSA) is 91.8 Å². The van der Waals surface area contributed by atoms with Crippen molar-refractivity contribution < 1.29 is 23.1 Å². The number of hydrogen-bond acceptors (Lipinski definition) is 4. The lowest BCUT2D eigenvalue weighted by Crippen LogP contribution is -2.46. The molecule has 3 rings (SSSR count). The first-order valence-electron chi connectivity index (χ1n) is 11.0. The van der Waals surface area contributed by atoms with Gasteiger partial charge in [-0.2, -0.15) is 0 Å². The molecule has 0 bridgehead atoms. The molecule has 3 N–H and O–H groups in total. The van der Waals surface area contributed by atoms with Crippen LogP contribution in [-0.2, 0) is 4.74 Å². The van der Waals surface area contributed by atoms with E-state index in [9.17, 15) is 18.4 Å². The number of nitrogens with one attached hydrogen (secondary N) is 3. The number of carbonyl (C=O) groups is 2. The van der Waals surface area contributed by atoms with Gasteiger partial charge in [0.05, 0.1) is 12.6 Å². The second-order valence-corrected chi connectivity index (χ2v) is 8.06. The van der Waals surface area contributed by atoms with E-state index >= 15 is 0 Å². The fourth-order valence-electron chi connectivity index (χ4n) is 4.06. The highest BCUT2D eigenvalue weighted by Gasteiger charge is 2.24. The molecule has 0 atom stereocenters. The van der Waals surface area contributed by atoms with Crippen LogP contribution in [0.5, 0.6) is 0 Å². The van der Waals surface area contributed by atoms with E-state index in [4.69, 9.17) is 9.73 Å². The Morgan fingerprint density at radius 2 is 1.68 bits per heavy atom. The number of guanidine groups is 1. The van der Waals surface area contributed by atoms with Crippen LogP contribution in [-0.4, -0.2) is 42.7 Å². The smallest absolute Gasteiger partial charge is 0.407 e. The third-order valence-electron chi connectivity index (χ3n) is 5.72. The van der Waals surface area contributed by atoms with E-state index in [-0.39, 0.29) is 23.7 Å². The normalized spacial score (nSPS) is 22.1. The number of amides is 2. The van der Waals surface area contributed by atoms with Crippen LogP contribution in [0.25, 0.3) is 0 Å². The summed E-state index contributed by atoms with van der Waals surface area (Å²) >= 11 is 0. The standard InChI is InChI=1S/C22H30F2N4O3/c1-2-31-22(30)27-17-10-8-16(9-11-17)26-21(25-15-5-3-4-6-15)28-20(29)14-7-12-18(23)19(24)13-14/h7,12-13,15-17H,2-6,8-11H2,1H3,(H,27,30)(H2,25,26,28,29). The molecule has 0 saturated heterocycles. The molecule has 0 aromatic heterocycles. The number of halogens is 2. The van der Waals surface area contributed by atoms with Crippen LogP contribution in [0.15, 0.2) is 23.2 Å². The first-order valence-corrected chi connectivity index (χ1v) is 11.0. The fraction of sp³-hybridized carbons (Fsp3) is 0.591. The van der Waals surface area contributed by atoms with E-state index in [0.29, 0.717) is 12.6 Å². The maximum Gasteiger partial charge on any atom is 0.407 e. The van der Waals surface area contributed by atoms with Crippen LogP contribution in [0.2, 0.25) is 0 Å². The van der Waals surface area contributed by atoms with Gasteiger partial charge >= 0.3 is 6.09 Å². The molecule has 0 aliphatic heterocycles. The predicted molar refractivity (Wildman–Crippen MR) is 113 cm³/mol. The highest BCUT2D eigenvalue weighted by molar-refractivity contribution is 6.05. The second kappa shape index (κ2) is 11.1. The first kappa shape index (κ1) is 23.0. The Hall–Kier alpha value is -2.71. The van der Waals surface area contributed by atoms with E-state index < -0.39 is 23.6 Å². The number of carbonyl (C=O) groups excluding carboxylic acids is 2. The Kier molecular flexibility index (Phi) is 8.20. The van der Waals surface area contributed by atoms with Gasteiger partial charge in [-0.25, -0.2) is 18.6 Å². The molecule has 2 fully saturated rings. The summed E-state index contributed by atoms with van der Waals surface area (Å²) in [4.78, 5) is 28.9. The summed E-state index contributed by atoms with van der Waals surface area (Å²) in [6.07, 6.45) is 6.87. The molecule has 7 nitrogen and oxygen atoms in total. The maximum absolute atomic E-state index is 13.5. The van der Waals surface area contributed by atoms with Gasteiger partial charge in [-0.15, -0.1) is 0 Å². The summed E-state index contributed by atoms with van der Waals surface area (Å²) < 4.78 is 31.6. The molecule has 1 aromatic rings. The average Bonchev–Trinajstić information content (AvgIpc) is 3.24. The summed E-state index contributed by atoms with van der Waals surface area (Å²) in [6, 6.07) is 3.33. The average molecular weight is 437 g/mol. The Labute approximate surface area is 181 Å². The van der Waals surface area contributed by atoms with Crippen LogP contribution in [0.1, 0.15) is 68.6 Å². The molecule has 2 amide bonds. The summed E-state index contributed by atoms with van der Waals surface area (Å²) in [5, 5.41) is 8.90. The van der Waals surface area contributed by atoms with Crippen LogP contribution in [0.4, 0.5) is 13.6 Å². The highest BCUT2D eigenvalue weighted by atomic mass is 19.2. The molecule has 9 heteroatoms. The van der Waals surface area contributed by atoms with Gasteiger partial charge in [0.1, 0.15) is 0 Å². The highest BCUT2D eigenvalue weighted by Crippen LogP contribution is 2.22. The zero-order valence-electron chi connectivity index (χ0n) is 17.8. The quantitative estimate of drug-likeness (QED) is 0.485. The number of alkyl carbamates (subject to hydrolysis) is 1. The molecule has 0 spiro atoms. The van der Waals surface area contributed by atoms with Crippen molar-refractivity contribution in [2.75, 3.05) is 6.61 Å². The van der Waals surface area contributed by atoms with E-state index in [2.05, 4.69) is 16.0 Å². The Balaban J connectivity index is 1.63. The van der Waals surface area contributed by atoms with Crippen LogP contribution in [0.3, 0.4) is 0 Å². The number of ether oxygens (including phenoxy) is 1. The van der Waals surface area contributed by atoms with E-state index in [1.807, 2.05) is 0 Å². The van der Waals surface area contributed by atoms with Gasteiger partial charge in [-0.1, -0.05) is 12.8 Å². The van der Waals surface area contributed by atoms with Crippen molar-refractivity contribution in [2.45, 2.75) is 76.4 Å². The largest absolute Gasteiger partial charge is 0.450 e. The van der Waals surface area contributed by atoms with Gasteiger partial charge in [-0.3, -0.25) is 10.1 Å². The Morgan fingerprint density at radius 1 is 1.00 bits per heavy atom. The number of aliphatic imine (C=N–C) groups is 1. The molecule has 0 heterocycles. The number of hydrogen-bond donors (Lipinski definition) is 3. The second-order valence-electron chi connectivity index (χ2n) is 8.06.